The van der Waals surface area contributed by atoms with Crippen LogP contribution in [0.25, 0.3) is 0 Å². The lowest BCUT2D eigenvalue weighted by Crippen LogP contribution is -1.80. The van der Waals surface area contributed by atoms with Crippen LogP contribution in [0.3, 0.4) is 0 Å². The molecule has 0 fully saturated rings. The van der Waals surface area contributed by atoms with E-state index in [0.29, 0.717) is 0 Å². The predicted octanol–water partition coefficient (Wildman–Crippen LogP) is 2.05. The second-order valence-corrected chi connectivity index (χ2v) is 3.78. The van der Waals surface area contributed by atoms with E-state index < -0.39 is 10.5 Å². The maximum atomic E-state index is 10.2. The molecule has 0 aliphatic carbocycles. The fraction of sp³-hybridized carbons (Fsp3) is 0. The van der Waals surface area contributed by atoms with E-state index >= 15 is 0 Å². The van der Waals surface area contributed by atoms with Crippen LogP contribution in [-0.4, -0.2) is 13.0 Å². The maximum Gasteiger partial charge on any atom is 0.435 e. The summed E-state index contributed by atoms with van der Waals surface area (Å²) in [6.07, 6.45) is 0. The van der Waals surface area contributed by atoms with Gasteiger partial charge in [0.1, 0.15) is 0 Å². The molecule has 0 saturated carbocycles. The van der Waals surface area contributed by atoms with Crippen molar-refractivity contribution in [2.24, 2.45) is 0 Å². The molecule has 0 spiro atoms. The Morgan fingerprint density at radius 2 is 1.58 bits per heavy atom. The minimum atomic E-state index is -5.17. The Morgan fingerprint density at radius 1 is 1.25 bits per heavy atom. The molecule has 0 atom stereocenters. The van der Waals surface area contributed by atoms with Crippen molar-refractivity contribution in [2.75, 3.05) is 0 Å². The molecule has 0 aliphatic heterocycles. The van der Waals surface area contributed by atoms with Crippen LogP contribution < -0.4 is 0 Å². The summed E-state index contributed by atoms with van der Waals surface area (Å²) in [6, 6.07) is 10.2. The highest BCUT2D eigenvalue weighted by atomic mass is 127. The zero-order valence-electron chi connectivity index (χ0n) is 5.81. The van der Waals surface area contributed by atoms with Crippen molar-refractivity contribution in [3.05, 3.63) is 33.9 Å². The number of rotatable bonds is 0. The van der Waals surface area contributed by atoms with Crippen molar-refractivity contribution in [1.82, 2.24) is 0 Å². The first kappa shape index (κ1) is 11.8. The van der Waals surface area contributed by atoms with Crippen LogP contribution in [0.15, 0.2) is 30.3 Å². The van der Waals surface area contributed by atoms with E-state index in [-0.39, 0.29) is 0 Å². The van der Waals surface area contributed by atoms with Crippen LogP contribution >= 0.6 is 22.6 Å². The average molecular weight is 304 g/mol. The van der Waals surface area contributed by atoms with Gasteiger partial charge in [-0.15, -0.1) is 0 Å². The lowest BCUT2D eigenvalue weighted by Gasteiger charge is -1.80. The van der Waals surface area contributed by atoms with Crippen LogP contribution in [0, 0.1) is 3.57 Å². The minimum absolute atomic E-state index is 1.29. The topological polar surface area (TPSA) is 54.4 Å². The van der Waals surface area contributed by atoms with E-state index in [2.05, 4.69) is 34.7 Å². The molecule has 0 unspecified atom stereocenters. The number of halogens is 2. The fourth-order valence-corrected chi connectivity index (χ4v) is 0.830. The first-order valence-electron chi connectivity index (χ1n) is 2.77. The Labute approximate surface area is 83.8 Å². The highest BCUT2D eigenvalue weighted by molar-refractivity contribution is 14.1. The third-order valence-electron chi connectivity index (χ3n) is 0.733. The van der Waals surface area contributed by atoms with Gasteiger partial charge in [-0.3, -0.25) is 4.55 Å². The zero-order valence-corrected chi connectivity index (χ0v) is 8.79. The summed E-state index contributed by atoms with van der Waals surface area (Å²) in [4.78, 5) is 0. The summed E-state index contributed by atoms with van der Waals surface area (Å²) >= 11 is 2.28. The van der Waals surface area contributed by atoms with Crippen LogP contribution in [0.5, 0.6) is 0 Å². The summed E-state index contributed by atoms with van der Waals surface area (Å²) < 4.78 is 35.4. The monoisotopic (exact) mass is 304 g/mol. The number of hydrogen-bond donors (Lipinski definition) is 1. The largest absolute Gasteiger partial charge is 0.435 e. The molecule has 0 heterocycles. The van der Waals surface area contributed by atoms with Gasteiger partial charge in [-0.2, -0.15) is 8.42 Å². The van der Waals surface area contributed by atoms with Gasteiger partial charge in [0.25, 0.3) is 0 Å². The second-order valence-electron chi connectivity index (χ2n) is 1.71. The Morgan fingerprint density at radius 3 is 1.75 bits per heavy atom. The fourth-order valence-electron chi connectivity index (χ4n) is 0.415. The molecular weight excluding hydrogens is 298 g/mol. The van der Waals surface area contributed by atoms with Crippen molar-refractivity contribution in [1.29, 1.82) is 0 Å². The van der Waals surface area contributed by atoms with Crippen molar-refractivity contribution in [3.8, 4) is 0 Å². The van der Waals surface area contributed by atoms with E-state index in [4.69, 9.17) is 13.0 Å². The van der Waals surface area contributed by atoms with Crippen LogP contribution in [-0.2, 0) is 10.5 Å². The molecule has 1 aromatic carbocycles. The van der Waals surface area contributed by atoms with Gasteiger partial charge in [0.15, 0.2) is 0 Å². The SMILES string of the molecule is Ic1ccccc1.O=S(=O)(O)F. The van der Waals surface area contributed by atoms with Gasteiger partial charge >= 0.3 is 10.5 Å². The van der Waals surface area contributed by atoms with E-state index in [1.165, 1.54) is 3.57 Å². The molecule has 0 saturated heterocycles. The van der Waals surface area contributed by atoms with Gasteiger partial charge in [-0.1, -0.05) is 22.1 Å². The molecule has 0 amide bonds. The van der Waals surface area contributed by atoms with Gasteiger partial charge in [-0.05, 0) is 34.7 Å². The Hall–Kier alpha value is -0.210. The average Bonchev–Trinajstić information content (AvgIpc) is 1.85. The maximum absolute atomic E-state index is 10.2. The molecule has 1 N–H and O–H groups in total. The van der Waals surface area contributed by atoms with E-state index in [1.807, 2.05) is 18.2 Å². The van der Waals surface area contributed by atoms with Crippen molar-refractivity contribution in [3.63, 3.8) is 0 Å². The molecule has 6 heteroatoms. The first-order chi connectivity index (χ1) is 5.39. The molecule has 68 valence electrons. The van der Waals surface area contributed by atoms with Gasteiger partial charge in [0, 0.05) is 3.57 Å². The number of hydrogen-bond acceptors (Lipinski definition) is 2. The van der Waals surface area contributed by atoms with E-state index in [0.717, 1.165) is 0 Å². The quantitative estimate of drug-likeness (QED) is 0.453. The number of benzene rings is 1. The Kier molecular flexibility index (Phi) is 5.34. The van der Waals surface area contributed by atoms with Gasteiger partial charge in [0.05, 0.1) is 0 Å². The molecule has 1 aromatic rings. The van der Waals surface area contributed by atoms with Crippen molar-refractivity contribution >= 4 is 33.1 Å². The summed E-state index contributed by atoms with van der Waals surface area (Å²) in [7, 11) is -5.17. The van der Waals surface area contributed by atoms with Gasteiger partial charge in [0.2, 0.25) is 0 Å². The summed E-state index contributed by atoms with van der Waals surface area (Å²) in [6.45, 7) is 0. The molecule has 0 bridgehead atoms. The summed E-state index contributed by atoms with van der Waals surface area (Å²) in [5.41, 5.74) is 0. The standard InChI is InChI=1S/C6H5I.FHO3S/c7-6-4-2-1-3-5-6;1-5(2,3)4/h1-5H;(H,2,3,4). The van der Waals surface area contributed by atoms with E-state index in [9.17, 15) is 3.89 Å². The molecule has 0 aromatic heterocycles. The van der Waals surface area contributed by atoms with Crippen LogP contribution in [0.1, 0.15) is 0 Å². The second kappa shape index (κ2) is 5.44. The minimum Gasteiger partial charge on any atom is -0.260 e. The third-order valence-corrected chi connectivity index (χ3v) is 1.45. The normalized spacial score (nSPS) is 9.92. The van der Waals surface area contributed by atoms with Crippen molar-refractivity contribution < 1.29 is 16.9 Å². The molecule has 12 heavy (non-hydrogen) atoms. The Bertz CT molecular complexity index is 303. The van der Waals surface area contributed by atoms with Crippen LogP contribution in [0.4, 0.5) is 3.89 Å². The highest BCUT2D eigenvalue weighted by Gasteiger charge is 1.89. The third kappa shape index (κ3) is 12.5. The van der Waals surface area contributed by atoms with Gasteiger partial charge in [-0.25, -0.2) is 0 Å². The van der Waals surface area contributed by atoms with Gasteiger partial charge < -0.3 is 0 Å². The van der Waals surface area contributed by atoms with E-state index in [1.54, 1.807) is 0 Å². The molecule has 0 aliphatic rings. The molecule has 3 nitrogen and oxygen atoms in total. The lowest BCUT2D eigenvalue weighted by atomic mass is 10.4. The zero-order chi connectivity index (χ0) is 9.61. The van der Waals surface area contributed by atoms with Crippen LogP contribution in [0.2, 0.25) is 0 Å². The predicted molar refractivity (Wildman–Crippen MR) is 51.8 cm³/mol. The molecule has 0 radical (unpaired) electrons. The highest BCUT2D eigenvalue weighted by Crippen LogP contribution is 1.99. The van der Waals surface area contributed by atoms with Crippen molar-refractivity contribution in [2.45, 2.75) is 0 Å². The smallest absolute Gasteiger partial charge is 0.260 e. The lowest BCUT2D eigenvalue weighted by molar-refractivity contribution is 0.435. The summed E-state index contributed by atoms with van der Waals surface area (Å²) in [5.74, 6) is 0. The Balaban J connectivity index is 0.000000217. The summed E-state index contributed by atoms with van der Waals surface area (Å²) in [5, 5.41) is 0. The first-order valence-corrected chi connectivity index (χ1v) is 5.19. The molecule has 1 rings (SSSR count). The molecular formula is C6H6FIO3S.